The Morgan fingerprint density at radius 2 is 2.19 bits per heavy atom. The van der Waals surface area contributed by atoms with E-state index in [1.165, 1.54) is 6.07 Å². The molecule has 1 aromatic carbocycles. The number of ether oxygens (including phenoxy) is 1. The molecule has 0 radical (unpaired) electrons. The molecule has 0 aromatic heterocycles. The molecule has 0 heterocycles. The van der Waals surface area contributed by atoms with Crippen molar-refractivity contribution in [2.45, 2.75) is 25.7 Å². The van der Waals surface area contributed by atoms with Gasteiger partial charge in [-0.2, -0.15) is 0 Å². The molecule has 0 amide bonds. The summed E-state index contributed by atoms with van der Waals surface area (Å²) >= 11 is 0. The number of carbonyl (C=O) groups is 1. The fourth-order valence-corrected chi connectivity index (χ4v) is 2.07. The second-order valence-corrected chi connectivity index (χ2v) is 4.12. The maximum Gasteiger partial charge on any atom is 0.165 e. The summed E-state index contributed by atoms with van der Waals surface area (Å²) in [6.07, 6.45) is 3.35. The van der Waals surface area contributed by atoms with Crippen molar-refractivity contribution in [3.05, 3.63) is 30.1 Å². The maximum absolute atomic E-state index is 13.2. The minimum Gasteiger partial charge on any atom is -0.490 e. The maximum atomic E-state index is 13.2. The Balaban J connectivity index is 1.80. The van der Waals surface area contributed by atoms with E-state index in [4.69, 9.17) is 4.74 Å². The van der Waals surface area contributed by atoms with Crippen molar-refractivity contribution in [3.8, 4) is 5.75 Å². The fraction of sp³-hybridized carbons (Fsp3) is 0.462. The first-order valence-corrected chi connectivity index (χ1v) is 5.67. The highest BCUT2D eigenvalue weighted by atomic mass is 19.1. The van der Waals surface area contributed by atoms with Crippen LogP contribution in [0.1, 0.15) is 25.7 Å². The lowest BCUT2D eigenvalue weighted by atomic mass is 10.0. The Labute approximate surface area is 94.4 Å². The molecule has 1 unspecified atom stereocenters. The van der Waals surface area contributed by atoms with Crippen molar-refractivity contribution in [2.75, 3.05) is 6.61 Å². The first-order chi connectivity index (χ1) is 7.77. The summed E-state index contributed by atoms with van der Waals surface area (Å²) in [5.74, 6) is 0.386. The highest BCUT2D eigenvalue weighted by Gasteiger charge is 2.23. The molecule has 0 spiro atoms. The van der Waals surface area contributed by atoms with E-state index in [0.29, 0.717) is 25.2 Å². The van der Waals surface area contributed by atoms with Gasteiger partial charge in [-0.15, -0.1) is 0 Å². The van der Waals surface area contributed by atoms with Crippen LogP contribution in [0.25, 0.3) is 0 Å². The lowest BCUT2D eigenvalue weighted by Gasteiger charge is -2.10. The lowest BCUT2D eigenvalue weighted by molar-refractivity contribution is -0.121. The molecule has 2 rings (SSSR count). The van der Waals surface area contributed by atoms with Crippen LogP contribution in [0, 0.1) is 11.7 Å². The van der Waals surface area contributed by atoms with Crippen LogP contribution in [0.3, 0.4) is 0 Å². The first kappa shape index (κ1) is 11.1. The molecule has 1 aliphatic rings. The average molecular weight is 222 g/mol. The molecule has 0 bridgehead atoms. The lowest BCUT2D eigenvalue weighted by Crippen LogP contribution is -2.11. The van der Waals surface area contributed by atoms with Gasteiger partial charge in [0.25, 0.3) is 0 Å². The molecule has 1 aliphatic carbocycles. The zero-order valence-electron chi connectivity index (χ0n) is 9.12. The minimum atomic E-state index is -0.347. The third-order valence-electron chi connectivity index (χ3n) is 2.99. The summed E-state index contributed by atoms with van der Waals surface area (Å²) in [7, 11) is 0. The van der Waals surface area contributed by atoms with Gasteiger partial charge >= 0.3 is 0 Å². The van der Waals surface area contributed by atoms with Crippen LogP contribution in [0.4, 0.5) is 4.39 Å². The van der Waals surface area contributed by atoms with Crippen LogP contribution < -0.4 is 4.74 Å². The minimum absolute atomic E-state index is 0.131. The average Bonchev–Trinajstić information content (AvgIpc) is 2.67. The summed E-state index contributed by atoms with van der Waals surface area (Å²) in [5.41, 5.74) is 0. The number of para-hydroxylation sites is 1. The molecule has 1 saturated carbocycles. The van der Waals surface area contributed by atoms with Gasteiger partial charge in [-0.25, -0.2) is 4.39 Å². The van der Waals surface area contributed by atoms with E-state index in [0.717, 1.165) is 12.8 Å². The normalized spacial score (nSPS) is 20.1. The van der Waals surface area contributed by atoms with Crippen molar-refractivity contribution < 1.29 is 13.9 Å². The van der Waals surface area contributed by atoms with Crippen LogP contribution in [0.2, 0.25) is 0 Å². The summed E-state index contributed by atoms with van der Waals surface area (Å²) in [6.45, 7) is 0.414. The van der Waals surface area contributed by atoms with E-state index < -0.39 is 0 Å². The number of halogens is 1. The van der Waals surface area contributed by atoms with E-state index in [2.05, 4.69) is 0 Å². The number of carbonyl (C=O) groups excluding carboxylic acids is 1. The zero-order valence-corrected chi connectivity index (χ0v) is 9.12. The topological polar surface area (TPSA) is 26.3 Å². The quantitative estimate of drug-likeness (QED) is 0.782. The van der Waals surface area contributed by atoms with Gasteiger partial charge in [0.1, 0.15) is 5.78 Å². The molecule has 0 N–H and O–H groups in total. The van der Waals surface area contributed by atoms with E-state index in [1.54, 1.807) is 18.2 Å². The van der Waals surface area contributed by atoms with Gasteiger partial charge in [-0.1, -0.05) is 12.1 Å². The molecule has 2 nitrogen and oxygen atoms in total. The van der Waals surface area contributed by atoms with Crippen LogP contribution in [0.15, 0.2) is 24.3 Å². The predicted molar refractivity (Wildman–Crippen MR) is 58.9 cm³/mol. The monoisotopic (exact) mass is 222 g/mol. The van der Waals surface area contributed by atoms with E-state index in [1.807, 2.05) is 0 Å². The number of hydrogen-bond acceptors (Lipinski definition) is 2. The van der Waals surface area contributed by atoms with Crippen molar-refractivity contribution in [1.29, 1.82) is 0 Å². The number of benzene rings is 1. The van der Waals surface area contributed by atoms with Crippen molar-refractivity contribution >= 4 is 5.78 Å². The molecule has 0 saturated heterocycles. The zero-order chi connectivity index (χ0) is 11.4. The smallest absolute Gasteiger partial charge is 0.165 e. The molecule has 86 valence electrons. The summed E-state index contributed by atoms with van der Waals surface area (Å²) in [4.78, 5) is 11.4. The summed E-state index contributed by atoms with van der Waals surface area (Å²) < 4.78 is 18.5. The van der Waals surface area contributed by atoms with Crippen molar-refractivity contribution in [2.24, 2.45) is 5.92 Å². The molecule has 3 heteroatoms. The van der Waals surface area contributed by atoms with Crippen LogP contribution in [-0.4, -0.2) is 12.4 Å². The molecule has 1 fully saturated rings. The van der Waals surface area contributed by atoms with Gasteiger partial charge in [0.15, 0.2) is 11.6 Å². The predicted octanol–water partition coefficient (Wildman–Crippen LogP) is 2.96. The van der Waals surface area contributed by atoms with Crippen molar-refractivity contribution in [3.63, 3.8) is 0 Å². The van der Waals surface area contributed by atoms with Gasteiger partial charge in [-0.3, -0.25) is 4.79 Å². The Bertz CT molecular complexity index is 376. The Morgan fingerprint density at radius 3 is 2.88 bits per heavy atom. The summed E-state index contributed by atoms with van der Waals surface area (Å²) in [5, 5.41) is 0. The molecular weight excluding hydrogens is 207 g/mol. The SMILES string of the molecule is O=C1CCCC1CCOc1ccccc1F. The standard InChI is InChI=1S/C13H15FO2/c14-11-5-1-2-7-13(11)16-9-8-10-4-3-6-12(10)15/h1-2,5,7,10H,3-4,6,8-9H2. The number of hydrogen-bond donors (Lipinski definition) is 0. The molecule has 16 heavy (non-hydrogen) atoms. The second kappa shape index (κ2) is 5.10. The van der Waals surface area contributed by atoms with Crippen LogP contribution in [-0.2, 0) is 4.79 Å². The fourth-order valence-electron chi connectivity index (χ4n) is 2.07. The highest BCUT2D eigenvalue weighted by molar-refractivity contribution is 5.82. The van der Waals surface area contributed by atoms with Gasteiger partial charge in [0.2, 0.25) is 0 Å². The van der Waals surface area contributed by atoms with Crippen molar-refractivity contribution in [1.82, 2.24) is 0 Å². The first-order valence-electron chi connectivity index (χ1n) is 5.67. The van der Waals surface area contributed by atoms with Gasteiger partial charge in [-0.05, 0) is 31.4 Å². The number of Topliss-reactive ketones (excluding diaryl/α,β-unsaturated/α-hetero) is 1. The van der Waals surface area contributed by atoms with Gasteiger partial charge < -0.3 is 4.74 Å². The second-order valence-electron chi connectivity index (χ2n) is 4.12. The van der Waals surface area contributed by atoms with E-state index in [9.17, 15) is 9.18 Å². The molecule has 1 atom stereocenters. The largest absolute Gasteiger partial charge is 0.490 e. The molecule has 0 aliphatic heterocycles. The third kappa shape index (κ3) is 2.60. The Morgan fingerprint density at radius 1 is 1.38 bits per heavy atom. The van der Waals surface area contributed by atoms with Gasteiger partial charge in [0.05, 0.1) is 6.61 Å². The number of rotatable bonds is 4. The van der Waals surface area contributed by atoms with E-state index in [-0.39, 0.29) is 17.5 Å². The Hall–Kier alpha value is -1.38. The summed E-state index contributed by atoms with van der Waals surface area (Å²) in [6, 6.07) is 6.34. The molecule has 1 aromatic rings. The number of ketones is 1. The van der Waals surface area contributed by atoms with Crippen LogP contribution in [0.5, 0.6) is 5.75 Å². The van der Waals surface area contributed by atoms with Gasteiger partial charge in [0, 0.05) is 12.3 Å². The third-order valence-corrected chi connectivity index (χ3v) is 2.99. The Kier molecular flexibility index (Phi) is 3.54. The van der Waals surface area contributed by atoms with Crippen LogP contribution >= 0.6 is 0 Å². The molecular formula is C13H15FO2. The van der Waals surface area contributed by atoms with E-state index >= 15 is 0 Å². The highest BCUT2D eigenvalue weighted by Crippen LogP contribution is 2.24.